The van der Waals surface area contributed by atoms with Crippen molar-refractivity contribution in [1.82, 2.24) is 4.90 Å². The topological polar surface area (TPSA) is 46.3 Å². The van der Waals surface area contributed by atoms with E-state index in [1.807, 2.05) is 0 Å². The zero-order chi connectivity index (χ0) is 13.8. The molecule has 1 heterocycles. The summed E-state index contributed by atoms with van der Waals surface area (Å²) in [5.74, 6) is 1.28. The van der Waals surface area contributed by atoms with Gasteiger partial charge >= 0.3 is 0 Å². The number of hydrogen-bond donors (Lipinski definition) is 1. The van der Waals surface area contributed by atoms with Gasteiger partial charge in [-0.15, -0.1) is 0 Å². The van der Waals surface area contributed by atoms with E-state index in [4.69, 9.17) is 5.73 Å². The zero-order valence-corrected chi connectivity index (χ0v) is 12.6. The zero-order valence-electron chi connectivity index (χ0n) is 12.6. The highest BCUT2D eigenvalue weighted by Gasteiger charge is 2.33. The van der Waals surface area contributed by atoms with E-state index in [0.717, 1.165) is 38.6 Å². The van der Waals surface area contributed by atoms with Crippen molar-refractivity contribution in [3.63, 3.8) is 0 Å². The van der Waals surface area contributed by atoms with E-state index in [9.17, 15) is 4.79 Å². The van der Waals surface area contributed by atoms with Gasteiger partial charge in [0, 0.05) is 24.5 Å². The van der Waals surface area contributed by atoms with Gasteiger partial charge in [-0.3, -0.25) is 4.79 Å². The SMILES string of the molecule is CC(C)CC1CCCCN1C(=O)C1CCCC(N)C1. The Morgan fingerprint density at radius 3 is 2.68 bits per heavy atom. The van der Waals surface area contributed by atoms with Gasteiger partial charge < -0.3 is 10.6 Å². The molecule has 3 unspecified atom stereocenters. The van der Waals surface area contributed by atoms with Crippen molar-refractivity contribution in [2.75, 3.05) is 6.54 Å². The van der Waals surface area contributed by atoms with E-state index in [1.54, 1.807) is 0 Å². The van der Waals surface area contributed by atoms with Gasteiger partial charge in [-0.1, -0.05) is 20.3 Å². The third-order valence-corrected chi connectivity index (χ3v) is 4.72. The van der Waals surface area contributed by atoms with Gasteiger partial charge in [0.05, 0.1) is 0 Å². The van der Waals surface area contributed by atoms with Crippen LogP contribution in [0.5, 0.6) is 0 Å². The van der Waals surface area contributed by atoms with Crippen LogP contribution in [0.2, 0.25) is 0 Å². The first-order chi connectivity index (χ1) is 9.08. The molecule has 1 saturated heterocycles. The second-order valence-corrected chi connectivity index (χ2v) is 6.93. The molecular formula is C16H30N2O. The number of nitrogens with zero attached hydrogens (tertiary/aromatic N) is 1. The molecule has 0 spiro atoms. The second kappa shape index (κ2) is 6.74. The fourth-order valence-corrected chi connectivity index (χ4v) is 3.77. The molecule has 0 aromatic carbocycles. The number of likely N-dealkylation sites (tertiary alicyclic amines) is 1. The van der Waals surface area contributed by atoms with E-state index in [2.05, 4.69) is 18.7 Å². The summed E-state index contributed by atoms with van der Waals surface area (Å²) in [4.78, 5) is 15.0. The molecule has 0 bridgehead atoms. The molecule has 1 amide bonds. The molecule has 0 radical (unpaired) electrons. The molecular weight excluding hydrogens is 236 g/mol. The summed E-state index contributed by atoms with van der Waals surface area (Å²) in [6.45, 7) is 5.49. The molecule has 1 aliphatic heterocycles. The number of rotatable bonds is 3. The van der Waals surface area contributed by atoms with Crippen LogP contribution in [0, 0.1) is 11.8 Å². The molecule has 1 saturated carbocycles. The molecule has 3 heteroatoms. The van der Waals surface area contributed by atoms with Crippen molar-refractivity contribution in [3.05, 3.63) is 0 Å². The molecule has 2 fully saturated rings. The van der Waals surface area contributed by atoms with Crippen molar-refractivity contribution in [1.29, 1.82) is 0 Å². The Morgan fingerprint density at radius 2 is 2.00 bits per heavy atom. The van der Waals surface area contributed by atoms with Crippen molar-refractivity contribution in [2.24, 2.45) is 17.6 Å². The first-order valence-corrected chi connectivity index (χ1v) is 8.14. The molecule has 19 heavy (non-hydrogen) atoms. The molecule has 110 valence electrons. The van der Waals surface area contributed by atoms with E-state index >= 15 is 0 Å². The summed E-state index contributed by atoms with van der Waals surface area (Å²) < 4.78 is 0. The Labute approximate surface area is 117 Å². The standard InChI is InChI=1S/C16H30N2O/c1-12(2)10-15-8-3-4-9-18(15)16(19)13-6-5-7-14(17)11-13/h12-15H,3-11,17H2,1-2H3. The maximum Gasteiger partial charge on any atom is 0.225 e. The number of carbonyl (C=O) groups is 1. The van der Waals surface area contributed by atoms with Gasteiger partial charge in [0.1, 0.15) is 0 Å². The van der Waals surface area contributed by atoms with Crippen LogP contribution in [0.15, 0.2) is 0 Å². The molecule has 0 aromatic heterocycles. The van der Waals surface area contributed by atoms with Crippen LogP contribution in [0.3, 0.4) is 0 Å². The quantitative estimate of drug-likeness (QED) is 0.853. The van der Waals surface area contributed by atoms with Gasteiger partial charge in [0.25, 0.3) is 0 Å². The van der Waals surface area contributed by atoms with Crippen LogP contribution < -0.4 is 5.73 Å². The Morgan fingerprint density at radius 1 is 1.21 bits per heavy atom. The number of hydrogen-bond acceptors (Lipinski definition) is 2. The molecule has 0 aromatic rings. The van der Waals surface area contributed by atoms with Gasteiger partial charge in [-0.2, -0.15) is 0 Å². The summed E-state index contributed by atoms with van der Waals surface area (Å²) in [5, 5.41) is 0. The highest BCUT2D eigenvalue weighted by atomic mass is 16.2. The predicted molar refractivity (Wildman–Crippen MR) is 78.7 cm³/mol. The summed E-state index contributed by atoms with van der Waals surface area (Å²) in [6.07, 6.45) is 9.00. The van der Waals surface area contributed by atoms with E-state index in [-0.39, 0.29) is 12.0 Å². The monoisotopic (exact) mass is 266 g/mol. The van der Waals surface area contributed by atoms with E-state index < -0.39 is 0 Å². The highest BCUT2D eigenvalue weighted by molar-refractivity contribution is 5.79. The summed E-state index contributed by atoms with van der Waals surface area (Å²) in [7, 11) is 0. The maximum atomic E-state index is 12.8. The normalized spacial score (nSPS) is 32.6. The lowest BCUT2D eigenvalue weighted by Crippen LogP contribution is -2.48. The van der Waals surface area contributed by atoms with Gasteiger partial charge in [-0.05, 0) is 50.9 Å². The number of nitrogens with two attached hydrogens (primary N) is 1. The third kappa shape index (κ3) is 3.95. The van der Waals surface area contributed by atoms with Crippen LogP contribution in [0.1, 0.15) is 65.2 Å². The molecule has 2 N–H and O–H groups in total. The molecule has 3 nitrogen and oxygen atoms in total. The first-order valence-electron chi connectivity index (χ1n) is 8.14. The van der Waals surface area contributed by atoms with Gasteiger partial charge in [0.2, 0.25) is 5.91 Å². The number of amides is 1. The third-order valence-electron chi connectivity index (χ3n) is 4.72. The highest BCUT2D eigenvalue weighted by Crippen LogP contribution is 2.29. The lowest BCUT2D eigenvalue weighted by Gasteiger charge is -2.40. The van der Waals surface area contributed by atoms with E-state index in [0.29, 0.717) is 17.9 Å². The number of piperidine rings is 1. The Hall–Kier alpha value is -0.570. The predicted octanol–water partition coefficient (Wildman–Crippen LogP) is 2.93. The average Bonchev–Trinajstić information content (AvgIpc) is 2.38. The molecule has 3 atom stereocenters. The van der Waals surface area contributed by atoms with Gasteiger partial charge in [-0.25, -0.2) is 0 Å². The smallest absolute Gasteiger partial charge is 0.225 e. The largest absolute Gasteiger partial charge is 0.339 e. The molecule has 2 rings (SSSR count). The molecule has 1 aliphatic carbocycles. The van der Waals surface area contributed by atoms with Crippen molar-refractivity contribution in [3.8, 4) is 0 Å². The van der Waals surface area contributed by atoms with Crippen molar-refractivity contribution in [2.45, 2.75) is 77.3 Å². The minimum atomic E-state index is 0.205. The Kier molecular flexibility index (Phi) is 5.26. The maximum absolute atomic E-state index is 12.8. The van der Waals surface area contributed by atoms with Crippen LogP contribution in [-0.4, -0.2) is 29.4 Å². The van der Waals surface area contributed by atoms with Gasteiger partial charge in [0.15, 0.2) is 0 Å². The minimum Gasteiger partial charge on any atom is -0.339 e. The summed E-state index contributed by atoms with van der Waals surface area (Å²) in [6, 6.07) is 0.732. The summed E-state index contributed by atoms with van der Waals surface area (Å²) in [5.41, 5.74) is 6.04. The van der Waals surface area contributed by atoms with Crippen molar-refractivity contribution < 1.29 is 4.79 Å². The first kappa shape index (κ1) is 14.8. The van der Waals surface area contributed by atoms with Crippen LogP contribution in [0.4, 0.5) is 0 Å². The summed E-state index contributed by atoms with van der Waals surface area (Å²) >= 11 is 0. The lowest BCUT2D eigenvalue weighted by atomic mass is 9.84. The number of carbonyl (C=O) groups excluding carboxylic acids is 1. The second-order valence-electron chi connectivity index (χ2n) is 6.93. The van der Waals surface area contributed by atoms with Crippen LogP contribution in [-0.2, 0) is 4.79 Å². The van der Waals surface area contributed by atoms with E-state index in [1.165, 1.54) is 19.3 Å². The van der Waals surface area contributed by atoms with Crippen LogP contribution in [0.25, 0.3) is 0 Å². The van der Waals surface area contributed by atoms with Crippen LogP contribution >= 0.6 is 0 Å². The Bertz CT molecular complexity index is 303. The fourth-order valence-electron chi connectivity index (χ4n) is 3.77. The lowest BCUT2D eigenvalue weighted by molar-refractivity contribution is -0.140. The Balaban J connectivity index is 1.98. The van der Waals surface area contributed by atoms with Crippen molar-refractivity contribution >= 4 is 5.91 Å². The minimum absolute atomic E-state index is 0.205. The fraction of sp³-hybridized carbons (Fsp3) is 0.938. The average molecular weight is 266 g/mol. The molecule has 2 aliphatic rings.